The zero-order valence-electron chi connectivity index (χ0n) is 17.1. The number of fused-ring (bicyclic) bond motifs is 1. The summed E-state index contributed by atoms with van der Waals surface area (Å²) in [5.41, 5.74) is 0.996. The van der Waals surface area contributed by atoms with Crippen LogP contribution >= 0.6 is 11.3 Å². The molecule has 0 spiro atoms. The Labute approximate surface area is 182 Å². The number of aryl methyl sites for hydroxylation is 1. The minimum Gasteiger partial charge on any atom is -0.487 e. The number of hydrogen-bond donors (Lipinski definition) is 1. The molecule has 4 rings (SSSR count). The van der Waals surface area contributed by atoms with E-state index in [1.165, 1.54) is 21.8 Å². The van der Waals surface area contributed by atoms with Gasteiger partial charge in [0.05, 0.1) is 5.69 Å². The number of amides is 1. The molecule has 0 aliphatic rings. The molecule has 0 fully saturated rings. The minimum absolute atomic E-state index is 0.138. The number of nitrogens with zero attached hydrogens (tertiary/aromatic N) is 2. The van der Waals surface area contributed by atoms with E-state index in [0.717, 1.165) is 4.88 Å². The van der Waals surface area contributed by atoms with Crippen molar-refractivity contribution in [2.75, 3.05) is 5.32 Å². The number of carbonyl (C=O) groups excluding carboxylic acids is 1. The van der Waals surface area contributed by atoms with Gasteiger partial charge in [-0.15, -0.1) is 11.3 Å². The van der Waals surface area contributed by atoms with Gasteiger partial charge in [0.25, 0.3) is 11.5 Å². The van der Waals surface area contributed by atoms with Crippen LogP contribution in [0.5, 0.6) is 11.5 Å². The molecule has 4 aromatic rings. The van der Waals surface area contributed by atoms with Gasteiger partial charge >= 0.3 is 0 Å². The SMILES string of the molecule is Cc1cn2c(=O)cc(COc3cccc(NC(=O)[C@H](C)Oc4ccccc4)c3)nc2s1. The van der Waals surface area contributed by atoms with E-state index in [-0.39, 0.29) is 18.1 Å². The highest BCUT2D eigenvalue weighted by Crippen LogP contribution is 2.20. The van der Waals surface area contributed by atoms with E-state index in [9.17, 15) is 9.59 Å². The second kappa shape index (κ2) is 9.01. The van der Waals surface area contributed by atoms with Gasteiger partial charge in [0.1, 0.15) is 18.1 Å². The molecule has 2 aromatic carbocycles. The quantitative estimate of drug-likeness (QED) is 0.474. The fraction of sp³-hybridized carbons (Fsp3) is 0.174. The molecule has 0 aliphatic heterocycles. The summed E-state index contributed by atoms with van der Waals surface area (Å²) >= 11 is 1.45. The minimum atomic E-state index is -0.662. The summed E-state index contributed by atoms with van der Waals surface area (Å²) in [6, 6.07) is 17.7. The van der Waals surface area contributed by atoms with Crippen LogP contribution in [0.2, 0.25) is 0 Å². The molecule has 0 saturated heterocycles. The van der Waals surface area contributed by atoms with Crippen molar-refractivity contribution in [1.29, 1.82) is 0 Å². The van der Waals surface area contributed by atoms with Crippen molar-refractivity contribution in [3.05, 3.63) is 87.8 Å². The molecule has 31 heavy (non-hydrogen) atoms. The average Bonchev–Trinajstić information content (AvgIpc) is 3.14. The van der Waals surface area contributed by atoms with Crippen LogP contribution < -0.4 is 20.3 Å². The van der Waals surface area contributed by atoms with Gasteiger partial charge in [0.15, 0.2) is 11.1 Å². The van der Waals surface area contributed by atoms with Crippen LogP contribution in [0.15, 0.2) is 71.7 Å². The van der Waals surface area contributed by atoms with Gasteiger partial charge in [-0.05, 0) is 38.1 Å². The summed E-state index contributed by atoms with van der Waals surface area (Å²) in [7, 11) is 0. The van der Waals surface area contributed by atoms with Crippen molar-refractivity contribution in [3.63, 3.8) is 0 Å². The number of benzene rings is 2. The summed E-state index contributed by atoms with van der Waals surface area (Å²) in [5.74, 6) is 0.913. The molecule has 0 radical (unpaired) electrons. The summed E-state index contributed by atoms with van der Waals surface area (Å²) < 4.78 is 13.0. The van der Waals surface area contributed by atoms with Crippen molar-refractivity contribution >= 4 is 27.9 Å². The van der Waals surface area contributed by atoms with E-state index < -0.39 is 6.10 Å². The fourth-order valence-electron chi connectivity index (χ4n) is 2.95. The second-order valence-corrected chi connectivity index (χ2v) is 8.17. The highest BCUT2D eigenvalue weighted by molar-refractivity contribution is 7.16. The summed E-state index contributed by atoms with van der Waals surface area (Å²) in [4.78, 5) is 30.8. The first-order valence-electron chi connectivity index (χ1n) is 9.72. The molecule has 1 atom stereocenters. The molecule has 1 N–H and O–H groups in total. The second-order valence-electron chi connectivity index (χ2n) is 6.96. The molecular formula is C23H21N3O4S. The first-order chi connectivity index (χ1) is 15.0. The van der Waals surface area contributed by atoms with Crippen LogP contribution in [0.25, 0.3) is 4.96 Å². The predicted octanol–water partition coefficient (Wildman–Crippen LogP) is 4.05. The number of carbonyl (C=O) groups is 1. The maximum atomic E-state index is 12.4. The van der Waals surface area contributed by atoms with Crippen molar-refractivity contribution in [2.45, 2.75) is 26.6 Å². The number of nitrogens with one attached hydrogen (secondary N) is 1. The fourth-order valence-corrected chi connectivity index (χ4v) is 3.80. The van der Waals surface area contributed by atoms with Gasteiger partial charge in [-0.1, -0.05) is 24.3 Å². The third kappa shape index (κ3) is 5.10. The topological polar surface area (TPSA) is 81.9 Å². The lowest BCUT2D eigenvalue weighted by Crippen LogP contribution is -2.30. The Kier molecular flexibility index (Phi) is 5.99. The monoisotopic (exact) mass is 435 g/mol. The Morgan fingerprint density at radius 3 is 2.71 bits per heavy atom. The summed E-state index contributed by atoms with van der Waals surface area (Å²) in [5, 5.41) is 2.83. The van der Waals surface area contributed by atoms with Gasteiger partial charge in [-0.3, -0.25) is 14.0 Å². The van der Waals surface area contributed by atoms with Gasteiger partial charge < -0.3 is 14.8 Å². The van der Waals surface area contributed by atoms with E-state index in [0.29, 0.717) is 27.8 Å². The number of rotatable bonds is 7. The van der Waals surface area contributed by atoms with E-state index in [1.54, 1.807) is 49.5 Å². The molecule has 0 unspecified atom stereocenters. The zero-order chi connectivity index (χ0) is 21.8. The standard InChI is InChI=1S/C23H21N3O4S/c1-15-13-26-21(27)12-18(25-23(26)31-15)14-29-20-10-6-7-17(11-20)24-22(28)16(2)30-19-8-4-3-5-9-19/h3-13,16H,14H2,1-2H3,(H,24,28)/t16-/m0/s1. The summed E-state index contributed by atoms with van der Waals surface area (Å²) in [6.45, 7) is 3.77. The highest BCUT2D eigenvalue weighted by Gasteiger charge is 2.15. The molecular weight excluding hydrogens is 414 g/mol. The highest BCUT2D eigenvalue weighted by atomic mass is 32.1. The number of anilines is 1. The van der Waals surface area contributed by atoms with Gasteiger partial charge in [-0.25, -0.2) is 4.98 Å². The first kappa shape index (κ1) is 20.6. The van der Waals surface area contributed by atoms with E-state index >= 15 is 0 Å². The molecule has 8 heteroatoms. The lowest BCUT2D eigenvalue weighted by atomic mass is 10.2. The molecule has 0 aliphatic carbocycles. The molecule has 2 aromatic heterocycles. The maximum Gasteiger partial charge on any atom is 0.265 e. The Bertz CT molecular complexity index is 1270. The number of thiazole rings is 1. The largest absolute Gasteiger partial charge is 0.487 e. The van der Waals surface area contributed by atoms with Crippen molar-refractivity contribution in [1.82, 2.24) is 9.38 Å². The predicted molar refractivity (Wildman–Crippen MR) is 120 cm³/mol. The Hall–Kier alpha value is -3.65. The van der Waals surface area contributed by atoms with Gasteiger partial charge in [-0.2, -0.15) is 0 Å². The third-order valence-corrected chi connectivity index (χ3v) is 5.35. The normalized spacial score (nSPS) is 11.8. The van der Waals surface area contributed by atoms with E-state index in [2.05, 4.69) is 10.3 Å². The first-order valence-corrected chi connectivity index (χ1v) is 10.5. The Morgan fingerprint density at radius 2 is 1.90 bits per heavy atom. The Morgan fingerprint density at radius 1 is 1.13 bits per heavy atom. The molecule has 1 amide bonds. The van der Waals surface area contributed by atoms with Crippen LogP contribution in [0, 0.1) is 6.92 Å². The Balaban J connectivity index is 1.39. The van der Waals surface area contributed by atoms with Crippen LogP contribution in [0.1, 0.15) is 17.5 Å². The van der Waals surface area contributed by atoms with E-state index in [4.69, 9.17) is 9.47 Å². The molecule has 0 bridgehead atoms. The molecule has 2 heterocycles. The van der Waals surface area contributed by atoms with Crippen LogP contribution in [-0.4, -0.2) is 21.4 Å². The number of hydrogen-bond acceptors (Lipinski definition) is 6. The van der Waals surface area contributed by atoms with Gasteiger partial charge in [0.2, 0.25) is 0 Å². The van der Waals surface area contributed by atoms with Crippen molar-refractivity contribution < 1.29 is 14.3 Å². The van der Waals surface area contributed by atoms with Gasteiger partial charge in [0, 0.05) is 28.9 Å². The number of aromatic nitrogens is 2. The van der Waals surface area contributed by atoms with Crippen molar-refractivity contribution in [2.24, 2.45) is 0 Å². The van der Waals surface area contributed by atoms with Crippen LogP contribution in [0.3, 0.4) is 0 Å². The van der Waals surface area contributed by atoms with Crippen molar-refractivity contribution in [3.8, 4) is 11.5 Å². The number of ether oxygens (including phenoxy) is 2. The zero-order valence-corrected chi connectivity index (χ0v) is 17.9. The van der Waals surface area contributed by atoms with Crippen LogP contribution in [-0.2, 0) is 11.4 Å². The summed E-state index contributed by atoms with van der Waals surface area (Å²) in [6.07, 6.45) is 1.11. The van der Waals surface area contributed by atoms with E-state index in [1.807, 2.05) is 25.1 Å². The molecule has 158 valence electrons. The average molecular weight is 436 g/mol. The molecule has 7 nitrogen and oxygen atoms in total. The third-order valence-electron chi connectivity index (χ3n) is 4.45. The lowest BCUT2D eigenvalue weighted by Gasteiger charge is -2.15. The van der Waals surface area contributed by atoms with Crippen LogP contribution in [0.4, 0.5) is 5.69 Å². The smallest absolute Gasteiger partial charge is 0.265 e. The number of para-hydroxylation sites is 1. The lowest BCUT2D eigenvalue weighted by molar-refractivity contribution is -0.122. The molecule has 0 saturated carbocycles. The maximum absolute atomic E-state index is 12.4.